The summed E-state index contributed by atoms with van der Waals surface area (Å²) in [6.45, 7) is 4.99. The maximum Gasteiger partial charge on any atom is 0.260 e. The van der Waals surface area contributed by atoms with Crippen LogP contribution in [-0.4, -0.2) is 58.2 Å². The first kappa shape index (κ1) is 18.9. The molecule has 3 heterocycles. The number of benzene rings is 1. The van der Waals surface area contributed by atoms with Crippen LogP contribution in [-0.2, 0) is 17.6 Å². The summed E-state index contributed by atoms with van der Waals surface area (Å²) in [5, 5.41) is 4.78. The smallest absolute Gasteiger partial charge is 0.260 e. The summed E-state index contributed by atoms with van der Waals surface area (Å²) in [7, 11) is 0. The summed E-state index contributed by atoms with van der Waals surface area (Å²) in [4.78, 5) is 21.5. The van der Waals surface area contributed by atoms with Gasteiger partial charge < -0.3 is 14.5 Å². The van der Waals surface area contributed by atoms with Crippen LogP contribution in [0.2, 0.25) is 0 Å². The highest BCUT2D eigenvalue weighted by molar-refractivity contribution is 5.79. The van der Waals surface area contributed by atoms with Crippen molar-refractivity contribution in [1.29, 1.82) is 0 Å². The van der Waals surface area contributed by atoms with Gasteiger partial charge in [-0.15, -0.1) is 0 Å². The molecular formula is C23H27N5O2. The molecule has 0 bridgehead atoms. The molecule has 0 unspecified atom stereocenters. The largest absolute Gasteiger partial charge is 0.484 e. The van der Waals surface area contributed by atoms with E-state index in [1.807, 2.05) is 53.0 Å². The highest BCUT2D eigenvalue weighted by atomic mass is 16.5. The highest BCUT2D eigenvalue weighted by Gasteiger charge is 2.26. The predicted molar refractivity (Wildman–Crippen MR) is 115 cm³/mol. The second kappa shape index (κ2) is 7.97. The number of piperazine rings is 1. The van der Waals surface area contributed by atoms with Crippen LogP contribution in [0.15, 0.2) is 36.7 Å². The van der Waals surface area contributed by atoms with Crippen molar-refractivity contribution in [3.63, 3.8) is 0 Å². The van der Waals surface area contributed by atoms with Gasteiger partial charge in [0, 0.05) is 44.1 Å². The number of hydrogen-bond donors (Lipinski definition) is 0. The molecule has 0 atom stereocenters. The fourth-order valence-electron chi connectivity index (χ4n) is 4.42. The van der Waals surface area contributed by atoms with Crippen molar-refractivity contribution in [2.45, 2.75) is 32.6 Å². The molecule has 7 nitrogen and oxygen atoms in total. The third-order valence-electron chi connectivity index (χ3n) is 6.11. The highest BCUT2D eigenvalue weighted by Crippen LogP contribution is 2.30. The zero-order chi connectivity index (χ0) is 20.5. The molecule has 0 radical (unpaired) electrons. The molecule has 156 valence electrons. The van der Waals surface area contributed by atoms with E-state index in [4.69, 9.17) is 14.8 Å². The van der Waals surface area contributed by atoms with Crippen LogP contribution in [0.4, 0.5) is 5.82 Å². The Kier molecular flexibility index (Phi) is 5.02. The van der Waals surface area contributed by atoms with Gasteiger partial charge in [-0.1, -0.05) is 17.7 Å². The number of anilines is 1. The molecule has 0 N–H and O–H groups in total. The first-order valence-electron chi connectivity index (χ1n) is 10.8. The molecule has 30 heavy (non-hydrogen) atoms. The van der Waals surface area contributed by atoms with Crippen molar-refractivity contribution in [2.24, 2.45) is 0 Å². The van der Waals surface area contributed by atoms with Crippen LogP contribution in [0.25, 0.3) is 5.52 Å². The Bertz CT molecular complexity index is 1050. The fourth-order valence-corrected chi connectivity index (χ4v) is 4.42. The molecule has 1 saturated heterocycles. The van der Waals surface area contributed by atoms with Crippen LogP contribution in [0.5, 0.6) is 5.75 Å². The van der Waals surface area contributed by atoms with Crippen molar-refractivity contribution in [2.75, 3.05) is 37.7 Å². The lowest BCUT2D eigenvalue weighted by Crippen LogP contribution is -2.50. The number of aromatic nitrogens is 3. The van der Waals surface area contributed by atoms with E-state index in [1.165, 1.54) is 29.7 Å². The minimum absolute atomic E-state index is 0.0307. The first-order valence-corrected chi connectivity index (χ1v) is 10.8. The van der Waals surface area contributed by atoms with Gasteiger partial charge >= 0.3 is 0 Å². The molecule has 2 aliphatic rings. The van der Waals surface area contributed by atoms with E-state index in [0.717, 1.165) is 43.0 Å². The molecule has 2 aromatic heterocycles. The summed E-state index contributed by atoms with van der Waals surface area (Å²) in [6.07, 6.45) is 8.33. The summed E-state index contributed by atoms with van der Waals surface area (Å²) in [5.41, 5.74) is 4.90. The number of hydrogen-bond acceptors (Lipinski definition) is 5. The fraction of sp³-hybridized carbons (Fsp3) is 0.435. The normalized spacial score (nSPS) is 16.6. The van der Waals surface area contributed by atoms with Gasteiger partial charge in [0.1, 0.15) is 11.3 Å². The maximum atomic E-state index is 12.6. The van der Waals surface area contributed by atoms with Gasteiger partial charge in [0.15, 0.2) is 12.4 Å². The van der Waals surface area contributed by atoms with Crippen LogP contribution < -0.4 is 9.64 Å². The van der Waals surface area contributed by atoms with Crippen molar-refractivity contribution < 1.29 is 9.53 Å². The Morgan fingerprint density at radius 2 is 1.83 bits per heavy atom. The van der Waals surface area contributed by atoms with Gasteiger partial charge in [-0.2, -0.15) is 5.10 Å². The average Bonchev–Trinajstić information content (AvgIpc) is 3.17. The number of carbonyl (C=O) groups is 1. The minimum Gasteiger partial charge on any atom is -0.484 e. The molecule has 1 aliphatic heterocycles. The molecule has 0 saturated carbocycles. The summed E-state index contributed by atoms with van der Waals surface area (Å²) < 4.78 is 7.66. The maximum absolute atomic E-state index is 12.6. The predicted octanol–water partition coefficient (Wildman–Crippen LogP) is 2.64. The molecule has 1 amide bonds. The van der Waals surface area contributed by atoms with E-state index in [9.17, 15) is 4.79 Å². The molecule has 3 aromatic rings. The number of rotatable bonds is 4. The summed E-state index contributed by atoms with van der Waals surface area (Å²) in [5.74, 6) is 1.76. The molecule has 0 spiro atoms. The lowest BCUT2D eigenvalue weighted by atomic mass is 9.97. The SMILES string of the molecule is Cc1ccc(OCC(=O)N2CCN(c3nccn4nc5c(c34)CCCC5)CC2)cc1. The number of amides is 1. The Morgan fingerprint density at radius 3 is 2.63 bits per heavy atom. The van der Waals surface area contributed by atoms with E-state index in [0.29, 0.717) is 13.1 Å². The topological polar surface area (TPSA) is 63.0 Å². The third kappa shape index (κ3) is 3.60. The van der Waals surface area contributed by atoms with Crippen LogP contribution >= 0.6 is 0 Å². The standard InChI is InChI=1S/C23H27N5O2/c1-17-6-8-18(9-7-17)30-16-21(29)26-12-14-27(15-13-26)23-22-19-4-2-3-5-20(19)25-28(22)11-10-24-23/h6-11H,2-5,12-16H2,1H3. The molecule has 7 heteroatoms. The average molecular weight is 406 g/mol. The van der Waals surface area contributed by atoms with Crippen molar-refractivity contribution in [3.8, 4) is 5.75 Å². The van der Waals surface area contributed by atoms with Crippen molar-refractivity contribution in [1.82, 2.24) is 19.5 Å². The van der Waals surface area contributed by atoms with Gasteiger partial charge in [-0.25, -0.2) is 9.50 Å². The zero-order valence-corrected chi connectivity index (χ0v) is 17.4. The molecule has 1 fully saturated rings. The first-order chi connectivity index (χ1) is 14.7. The summed E-state index contributed by atoms with van der Waals surface area (Å²) in [6, 6.07) is 7.78. The monoisotopic (exact) mass is 405 g/mol. The van der Waals surface area contributed by atoms with E-state index in [-0.39, 0.29) is 12.5 Å². The lowest BCUT2D eigenvalue weighted by molar-refractivity contribution is -0.133. The van der Waals surface area contributed by atoms with Crippen LogP contribution in [0.1, 0.15) is 29.7 Å². The Morgan fingerprint density at radius 1 is 1.07 bits per heavy atom. The third-order valence-corrected chi connectivity index (χ3v) is 6.11. The van der Waals surface area contributed by atoms with Crippen molar-refractivity contribution >= 4 is 17.2 Å². The minimum atomic E-state index is 0.0307. The van der Waals surface area contributed by atoms with Gasteiger partial charge in [-0.05, 0) is 44.7 Å². The molecule has 5 rings (SSSR count). The lowest BCUT2D eigenvalue weighted by Gasteiger charge is -2.35. The molecular weight excluding hydrogens is 378 g/mol. The van der Waals surface area contributed by atoms with E-state index >= 15 is 0 Å². The quantitative estimate of drug-likeness (QED) is 0.668. The van der Waals surface area contributed by atoms with Crippen molar-refractivity contribution in [3.05, 3.63) is 53.5 Å². The number of fused-ring (bicyclic) bond motifs is 3. The number of ether oxygens (including phenoxy) is 1. The summed E-state index contributed by atoms with van der Waals surface area (Å²) >= 11 is 0. The second-order valence-electron chi connectivity index (χ2n) is 8.15. The second-order valence-corrected chi connectivity index (χ2v) is 8.15. The van der Waals surface area contributed by atoms with Crippen LogP contribution in [0.3, 0.4) is 0 Å². The zero-order valence-electron chi connectivity index (χ0n) is 17.4. The Hall–Kier alpha value is -3.09. The Balaban J connectivity index is 1.24. The molecule has 1 aromatic carbocycles. The van der Waals surface area contributed by atoms with Gasteiger partial charge in [0.05, 0.1) is 5.69 Å². The van der Waals surface area contributed by atoms with E-state index < -0.39 is 0 Å². The van der Waals surface area contributed by atoms with Gasteiger partial charge in [0.2, 0.25) is 0 Å². The molecule has 1 aliphatic carbocycles. The Labute approximate surface area is 176 Å². The number of nitrogens with zero attached hydrogens (tertiary/aromatic N) is 5. The van der Waals surface area contributed by atoms with Gasteiger partial charge in [0.25, 0.3) is 5.91 Å². The van der Waals surface area contributed by atoms with Crippen LogP contribution in [0, 0.1) is 6.92 Å². The van der Waals surface area contributed by atoms with Gasteiger partial charge in [-0.3, -0.25) is 4.79 Å². The van der Waals surface area contributed by atoms with E-state index in [1.54, 1.807) is 0 Å². The number of aryl methyl sites for hydroxylation is 3. The van der Waals surface area contributed by atoms with E-state index in [2.05, 4.69) is 4.90 Å². The number of carbonyl (C=O) groups excluding carboxylic acids is 1.